The van der Waals surface area contributed by atoms with Crippen molar-refractivity contribution in [3.63, 3.8) is 0 Å². The van der Waals surface area contributed by atoms with Crippen LogP contribution in [0.15, 0.2) is 12.1 Å². The molecule has 0 amide bonds. The summed E-state index contributed by atoms with van der Waals surface area (Å²) in [7, 11) is 0. The molecule has 0 spiro atoms. The van der Waals surface area contributed by atoms with Crippen LogP contribution in [0.5, 0.6) is 5.75 Å². The first-order valence-corrected chi connectivity index (χ1v) is 8.12. The number of hydrogen-bond donors (Lipinski definition) is 1. The molecule has 1 aliphatic rings. The highest BCUT2D eigenvalue weighted by Gasteiger charge is 2.25. The Hall–Kier alpha value is -0.770. The first-order chi connectivity index (χ1) is 9.95. The molecule has 0 radical (unpaired) electrons. The number of nitrogens with one attached hydrogen (secondary N) is 1. The van der Waals surface area contributed by atoms with Gasteiger partial charge in [0.2, 0.25) is 0 Å². The summed E-state index contributed by atoms with van der Waals surface area (Å²) in [6, 6.07) is 4.48. The Balaban J connectivity index is 1.79. The predicted octanol–water partition coefficient (Wildman–Crippen LogP) is 3.88. The minimum Gasteiger partial charge on any atom is -0.491 e. The molecule has 1 aromatic rings. The first kappa shape index (κ1) is 16.6. The van der Waals surface area contributed by atoms with Crippen molar-refractivity contribution >= 4 is 11.6 Å². The second-order valence-corrected chi connectivity index (χ2v) is 6.58. The zero-order valence-electron chi connectivity index (χ0n) is 13.4. The van der Waals surface area contributed by atoms with Crippen LogP contribution < -0.4 is 10.1 Å². The van der Waals surface area contributed by atoms with Crippen LogP contribution in [0.3, 0.4) is 0 Å². The lowest BCUT2D eigenvalue weighted by Crippen LogP contribution is -2.32. The topological polar surface area (TPSA) is 30.5 Å². The molecule has 1 aliphatic heterocycles. The molecular weight excluding hydrogens is 286 g/mol. The van der Waals surface area contributed by atoms with Gasteiger partial charge in [-0.2, -0.15) is 0 Å². The van der Waals surface area contributed by atoms with Gasteiger partial charge in [-0.25, -0.2) is 0 Å². The number of aryl methyl sites for hydroxylation is 2. The van der Waals surface area contributed by atoms with E-state index < -0.39 is 0 Å². The summed E-state index contributed by atoms with van der Waals surface area (Å²) < 4.78 is 11.9. The van der Waals surface area contributed by atoms with E-state index in [1.807, 2.05) is 26.0 Å². The lowest BCUT2D eigenvalue weighted by molar-refractivity contribution is 0.0178. The van der Waals surface area contributed by atoms with Gasteiger partial charge in [0.1, 0.15) is 12.4 Å². The van der Waals surface area contributed by atoms with E-state index in [4.69, 9.17) is 21.1 Å². The Kier molecular flexibility index (Phi) is 5.91. The van der Waals surface area contributed by atoms with E-state index in [1.54, 1.807) is 0 Å². The Morgan fingerprint density at radius 2 is 1.86 bits per heavy atom. The number of hydrogen-bond acceptors (Lipinski definition) is 3. The van der Waals surface area contributed by atoms with Crippen molar-refractivity contribution in [3.05, 3.63) is 28.3 Å². The largest absolute Gasteiger partial charge is 0.491 e. The zero-order valence-corrected chi connectivity index (χ0v) is 14.2. The minimum atomic E-state index is 0.195. The highest BCUT2D eigenvalue weighted by molar-refractivity contribution is 6.32. The fourth-order valence-corrected chi connectivity index (χ4v) is 2.71. The van der Waals surface area contributed by atoms with Crippen molar-refractivity contribution in [3.8, 4) is 5.75 Å². The molecule has 2 atom stereocenters. The fourth-order valence-electron chi connectivity index (χ4n) is 2.60. The quantitative estimate of drug-likeness (QED) is 0.865. The van der Waals surface area contributed by atoms with Gasteiger partial charge in [-0.15, -0.1) is 0 Å². The maximum absolute atomic E-state index is 6.17. The first-order valence-electron chi connectivity index (χ1n) is 7.74. The van der Waals surface area contributed by atoms with Gasteiger partial charge in [0.15, 0.2) is 0 Å². The molecule has 1 heterocycles. The normalized spacial score (nSPS) is 22.0. The molecule has 1 N–H and O–H groups in total. The van der Waals surface area contributed by atoms with E-state index in [0.717, 1.165) is 41.3 Å². The minimum absolute atomic E-state index is 0.195. The van der Waals surface area contributed by atoms with Gasteiger partial charge in [-0.05, 0) is 49.9 Å². The number of halogens is 1. The Bertz CT molecular complexity index is 453. The zero-order chi connectivity index (χ0) is 15.4. The molecule has 3 nitrogen and oxygen atoms in total. The summed E-state index contributed by atoms with van der Waals surface area (Å²) in [5.41, 5.74) is 2.11. The van der Waals surface area contributed by atoms with Crippen LogP contribution >= 0.6 is 11.6 Å². The van der Waals surface area contributed by atoms with Crippen LogP contribution in [0.4, 0.5) is 0 Å². The molecule has 2 unspecified atom stereocenters. The summed E-state index contributed by atoms with van der Waals surface area (Å²) in [5.74, 6) is 0.877. The van der Waals surface area contributed by atoms with E-state index in [1.165, 1.54) is 0 Å². The highest BCUT2D eigenvalue weighted by Crippen LogP contribution is 2.27. The number of ether oxygens (including phenoxy) is 2. The van der Waals surface area contributed by atoms with Crippen LogP contribution in [0, 0.1) is 13.8 Å². The van der Waals surface area contributed by atoms with Crippen LogP contribution in [-0.4, -0.2) is 31.4 Å². The van der Waals surface area contributed by atoms with Gasteiger partial charge >= 0.3 is 0 Å². The van der Waals surface area contributed by atoms with E-state index in [2.05, 4.69) is 19.2 Å². The SMILES string of the molecule is Cc1cc(OCC2CCC(CNC(C)C)O2)cc(C)c1Cl. The highest BCUT2D eigenvalue weighted by atomic mass is 35.5. The van der Waals surface area contributed by atoms with E-state index in [-0.39, 0.29) is 6.10 Å². The van der Waals surface area contributed by atoms with Gasteiger partial charge < -0.3 is 14.8 Å². The smallest absolute Gasteiger partial charge is 0.120 e. The summed E-state index contributed by atoms with van der Waals surface area (Å²) in [4.78, 5) is 0. The van der Waals surface area contributed by atoms with Crippen molar-refractivity contribution in [2.24, 2.45) is 0 Å². The van der Waals surface area contributed by atoms with Gasteiger partial charge in [-0.1, -0.05) is 25.4 Å². The third kappa shape index (κ3) is 4.87. The van der Waals surface area contributed by atoms with Crippen molar-refractivity contribution in [1.82, 2.24) is 5.32 Å². The fraction of sp³-hybridized carbons (Fsp3) is 0.647. The van der Waals surface area contributed by atoms with Crippen LogP contribution in [0.25, 0.3) is 0 Å². The third-order valence-electron chi connectivity index (χ3n) is 3.80. The number of rotatable bonds is 6. The molecule has 0 aromatic heterocycles. The van der Waals surface area contributed by atoms with Gasteiger partial charge in [0.05, 0.1) is 12.2 Å². The molecule has 0 bridgehead atoms. The Morgan fingerprint density at radius 1 is 1.24 bits per heavy atom. The van der Waals surface area contributed by atoms with Crippen LogP contribution in [0.1, 0.15) is 37.8 Å². The maximum atomic E-state index is 6.17. The molecule has 21 heavy (non-hydrogen) atoms. The average Bonchev–Trinajstić information content (AvgIpc) is 2.88. The molecule has 4 heteroatoms. The lowest BCUT2D eigenvalue weighted by Gasteiger charge is -2.17. The molecule has 1 fully saturated rings. The van der Waals surface area contributed by atoms with Crippen LogP contribution in [0.2, 0.25) is 5.02 Å². The lowest BCUT2D eigenvalue weighted by atomic mass is 10.1. The molecule has 118 valence electrons. The second-order valence-electron chi connectivity index (χ2n) is 6.20. The molecular formula is C17H26ClNO2. The monoisotopic (exact) mass is 311 g/mol. The van der Waals surface area contributed by atoms with E-state index in [0.29, 0.717) is 18.8 Å². The molecule has 1 saturated heterocycles. The van der Waals surface area contributed by atoms with Gasteiger partial charge in [0, 0.05) is 17.6 Å². The van der Waals surface area contributed by atoms with E-state index >= 15 is 0 Å². The second kappa shape index (κ2) is 7.48. The molecule has 0 aliphatic carbocycles. The molecule has 1 aromatic carbocycles. The summed E-state index contributed by atoms with van der Waals surface area (Å²) in [6.07, 6.45) is 2.68. The average molecular weight is 312 g/mol. The van der Waals surface area contributed by atoms with Gasteiger partial charge in [0.25, 0.3) is 0 Å². The summed E-state index contributed by atoms with van der Waals surface area (Å²) in [5, 5.41) is 4.24. The summed E-state index contributed by atoms with van der Waals surface area (Å²) in [6.45, 7) is 9.84. The summed E-state index contributed by atoms with van der Waals surface area (Å²) >= 11 is 6.17. The predicted molar refractivity (Wildman–Crippen MR) is 87.5 cm³/mol. The standard InChI is InChI=1S/C17H26ClNO2/c1-11(2)19-9-14-5-6-15(21-14)10-20-16-7-12(3)17(18)13(4)8-16/h7-8,11,14-15,19H,5-6,9-10H2,1-4H3. The number of benzene rings is 1. The Labute approximate surface area is 133 Å². The molecule has 0 saturated carbocycles. The third-order valence-corrected chi connectivity index (χ3v) is 4.39. The van der Waals surface area contributed by atoms with Crippen molar-refractivity contribution < 1.29 is 9.47 Å². The van der Waals surface area contributed by atoms with Crippen molar-refractivity contribution in [1.29, 1.82) is 0 Å². The maximum Gasteiger partial charge on any atom is 0.120 e. The van der Waals surface area contributed by atoms with Crippen LogP contribution in [-0.2, 0) is 4.74 Å². The molecule has 2 rings (SSSR count). The van der Waals surface area contributed by atoms with Crippen molar-refractivity contribution in [2.45, 2.75) is 58.8 Å². The van der Waals surface area contributed by atoms with Crippen molar-refractivity contribution in [2.75, 3.05) is 13.2 Å². The van der Waals surface area contributed by atoms with Gasteiger partial charge in [-0.3, -0.25) is 0 Å². The van der Waals surface area contributed by atoms with E-state index in [9.17, 15) is 0 Å². The Morgan fingerprint density at radius 3 is 2.48 bits per heavy atom.